The number of nitro benzene ring substituents is 1. The highest BCUT2D eigenvalue weighted by molar-refractivity contribution is 9.10. The Bertz CT molecular complexity index is 670. The van der Waals surface area contributed by atoms with Gasteiger partial charge in [0.1, 0.15) is 5.69 Å². The van der Waals surface area contributed by atoms with Gasteiger partial charge in [-0.25, -0.2) is 4.68 Å². The van der Waals surface area contributed by atoms with E-state index in [4.69, 9.17) is 5.11 Å². The smallest absolute Gasteiger partial charge is 0.303 e. The maximum absolute atomic E-state index is 11.0. The van der Waals surface area contributed by atoms with Crippen molar-refractivity contribution < 1.29 is 14.8 Å². The van der Waals surface area contributed by atoms with Crippen LogP contribution in [0, 0.1) is 10.1 Å². The van der Waals surface area contributed by atoms with E-state index < -0.39 is 10.9 Å². The zero-order chi connectivity index (χ0) is 14.7. The minimum atomic E-state index is -0.936. The standard InChI is InChI=1S/C11H9BrN4O4/c12-7-1-3-9(10(5-7)16(19)20)15-6-8(13-14-15)2-4-11(17)18/h1,3,5-6H,2,4H2,(H,17,18). The number of halogens is 1. The predicted molar refractivity (Wildman–Crippen MR) is 71.7 cm³/mol. The lowest BCUT2D eigenvalue weighted by Gasteiger charge is -2.02. The van der Waals surface area contributed by atoms with Gasteiger partial charge < -0.3 is 5.11 Å². The number of hydrogen-bond acceptors (Lipinski definition) is 5. The molecule has 0 spiro atoms. The van der Waals surface area contributed by atoms with Crippen molar-refractivity contribution in [3.8, 4) is 5.69 Å². The molecule has 1 aromatic heterocycles. The SMILES string of the molecule is O=C(O)CCc1cn(-c2ccc(Br)cc2[N+](=O)[O-])nn1. The first-order valence-electron chi connectivity index (χ1n) is 5.54. The summed E-state index contributed by atoms with van der Waals surface area (Å²) >= 11 is 3.17. The number of carboxylic acids is 1. The monoisotopic (exact) mass is 340 g/mol. The lowest BCUT2D eigenvalue weighted by molar-refractivity contribution is -0.384. The average molecular weight is 341 g/mol. The van der Waals surface area contributed by atoms with Gasteiger partial charge in [-0.2, -0.15) is 0 Å². The molecule has 0 saturated carbocycles. The third-order valence-corrected chi connectivity index (χ3v) is 3.01. The fourth-order valence-electron chi connectivity index (χ4n) is 1.60. The van der Waals surface area contributed by atoms with Crippen LogP contribution in [-0.4, -0.2) is 31.0 Å². The first kappa shape index (κ1) is 14.1. The van der Waals surface area contributed by atoms with Crippen LogP contribution in [0.5, 0.6) is 0 Å². The molecule has 1 N–H and O–H groups in total. The van der Waals surface area contributed by atoms with E-state index in [1.807, 2.05) is 0 Å². The molecule has 0 aliphatic heterocycles. The van der Waals surface area contributed by atoms with E-state index in [2.05, 4.69) is 26.2 Å². The minimum Gasteiger partial charge on any atom is -0.481 e. The zero-order valence-corrected chi connectivity index (χ0v) is 11.6. The van der Waals surface area contributed by atoms with Crippen LogP contribution in [-0.2, 0) is 11.2 Å². The molecule has 0 amide bonds. The highest BCUT2D eigenvalue weighted by Crippen LogP contribution is 2.26. The van der Waals surface area contributed by atoms with Crippen molar-refractivity contribution >= 4 is 27.6 Å². The Morgan fingerprint density at radius 3 is 2.90 bits per heavy atom. The van der Waals surface area contributed by atoms with Gasteiger partial charge in [0.2, 0.25) is 0 Å². The van der Waals surface area contributed by atoms with Gasteiger partial charge in [-0.1, -0.05) is 21.1 Å². The summed E-state index contributed by atoms with van der Waals surface area (Å²) < 4.78 is 1.85. The van der Waals surface area contributed by atoms with Crippen LogP contribution < -0.4 is 0 Å². The van der Waals surface area contributed by atoms with Crippen molar-refractivity contribution in [2.24, 2.45) is 0 Å². The molecule has 9 heteroatoms. The average Bonchev–Trinajstić information content (AvgIpc) is 2.84. The van der Waals surface area contributed by atoms with Crippen LogP contribution in [0.15, 0.2) is 28.9 Å². The number of benzene rings is 1. The summed E-state index contributed by atoms with van der Waals surface area (Å²) in [5.41, 5.74) is 0.617. The van der Waals surface area contributed by atoms with E-state index in [1.165, 1.54) is 23.0 Å². The third kappa shape index (κ3) is 3.18. The van der Waals surface area contributed by atoms with Gasteiger partial charge in [-0.3, -0.25) is 14.9 Å². The van der Waals surface area contributed by atoms with Crippen LogP contribution in [0.1, 0.15) is 12.1 Å². The number of rotatable bonds is 5. The largest absolute Gasteiger partial charge is 0.481 e. The highest BCUT2D eigenvalue weighted by Gasteiger charge is 2.17. The fraction of sp³-hybridized carbons (Fsp3) is 0.182. The molecule has 0 radical (unpaired) electrons. The molecular weight excluding hydrogens is 332 g/mol. The maximum atomic E-state index is 11.0. The number of aliphatic carboxylic acids is 1. The van der Waals surface area contributed by atoms with Gasteiger partial charge in [0.05, 0.1) is 23.2 Å². The van der Waals surface area contributed by atoms with E-state index in [1.54, 1.807) is 6.07 Å². The van der Waals surface area contributed by atoms with Crippen LogP contribution in [0.25, 0.3) is 5.69 Å². The molecule has 0 atom stereocenters. The number of aryl methyl sites for hydroxylation is 1. The molecule has 0 unspecified atom stereocenters. The Balaban J connectivity index is 2.32. The Labute approximate surface area is 121 Å². The van der Waals surface area contributed by atoms with E-state index in [9.17, 15) is 14.9 Å². The van der Waals surface area contributed by atoms with Gasteiger partial charge >= 0.3 is 5.97 Å². The van der Waals surface area contributed by atoms with Crippen molar-refractivity contribution in [1.82, 2.24) is 15.0 Å². The molecular formula is C11H9BrN4O4. The summed E-state index contributed by atoms with van der Waals surface area (Å²) in [7, 11) is 0. The van der Waals surface area contributed by atoms with Crippen molar-refractivity contribution in [1.29, 1.82) is 0 Å². The second kappa shape index (κ2) is 5.78. The molecule has 0 aliphatic carbocycles. The fourth-order valence-corrected chi connectivity index (χ4v) is 1.95. The van der Waals surface area contributed by atoms with Crippen LogP contribution >= 0.6 is 15.9 Å². The van der Waals surface area contributed by atoms with E-state index in [-0.39, 0.29) is 24.2 Å². The molecule has 0 bridgehead atoms. The number of carboxylic acid groups (broad SMARTS) is 1. The molecule has 0 saturated heterocycles. The number of carbonyl (C=O) groups is 1. The minimum absolute atomic E-state index is 0.0683. The van der Waals surface area contributed by atoms with E-state index in [0.29, 0.717) is 10.2 Å². The molecule has 20 heavy (non-hydrogen) atoms. The lowest BCUT2D eigenvalue weighted by atomic mass is 10.2. The van der Waals surface area contributed by atoms with Gasteiger partial charge in [-0.05, 0) is 12.1 Å². The first-order chi connectivity index (χ1) is 9.47. The molecule has 1 heterocycles. The summed E-state index contributed by atoms with van der Waals surface area (Å²) in [6, 6.07) is 4.56. The van der Waals surface area contributed by atoms with Crippen molar-refractivity contribution in [3.63, 3.8) is 0 Å². The highest BCUT2D eigenvalue weighted by atomic mass is 79.9. The summed E-state index contributed by atoms with van der Waals surface area (Å²) in [6.07, 6.45) is 1.64. The number of nitrogens with zero attached hydrogens (tertiary/aromatic N) is 4. The van der Waals surface area contributed by atoms with Crippen LogP contribution in [0.4, 0.5) is 5.69 Å². The molecule has 2 rings (SSSR count). The topological polar surface area (TPSA) is 111 Å². The van der Waals surface area contributed by atoms with E-state index >= 15 is 0 Å². The molecule has 2 aromatic rings. The molecule has 0 fully saturated rings. The maximum Gasteiger partial charge on any atom is 0.303 e. The Morgan fingerprint density at radius 2 is 2.25 bits per heavy atom. The van der Waals surface area contributed by atoms with Gasteiger partial charge in [-0.15, -0.1) is 5.10 Å². The molecule has 8 nitrogen and oxygen atoms in total. The predicted octanol–water partition coefficient (Wildman–Crippen LogP) is 1.96. The molecule has 104 valence electrons. The third-order valence-electron chi connectivity index (χ3n) is 2.52. The molecule has 0 aliphatic rings. The van der Waals surface area contributed by atoms with E-state index in [0.717, 1.165) is 0 Å². The molecule has 1 aromatic carbocycles. The van der Waals surface area contributed by atoms with Crippen molar-refractivity contribution in [3.05, 3.63) is 44.7 Å². The van der Waals surface area contributed by atoms with Crippen molar-refractivity contribution in [2.45, 2.75) is 12.8 Å². The number of hydrogen-bond donors (Lipinski definition) is 1. The van der Waals surface area contributed by atoms with Crippen molar-refractivity contribution in [2.75, 3.05) is 0 Å². The summed E-state index contributed by atoms with van der Waals surface area (Å²) in [4.78, 5) is 21.0. The zero-order valence-electron chi connectivity index (χ0n) is 10.1. The summed E-state index contributed by atoms with van der Waals surface area (Å²) in [6.45, 7) is 0. The lowest BCUT2D eigenvalue weighted by Crippen LogP contribution is -2.01. The van der Waals surface area contributed by atoms with Gasteiger partial charge in [0.25, 0.3) is 5.69 Å². The Morgan fingerprint density at radius 1 is 1.50 bits per heavy atom. The Hall–Kier alpha value is -2.29. The number of aromatic nitrogens is 3. The van der Waals surface area contributed by atoms with Crippen LogP contribution in [0.2, 0.25) is 0 Å². The second-order valence-electron chi connectivity index (χ2n) is 3.94. The Kier molecular flexibility index (Phi) is 4.08. The quantitative estimate of drug-likeness (QED) is 0.657. The first-order valence-corrected chi connectivity index (χ1v) is 6.34. The number of nitro groups is 1. The normalized spacial score (nSPS) is 10.4. The van der Waals surface area contributed by atoms with Crippen LogP contribution in [0.3, 0.4) is 0 Å². The second-order valence-corrected chi connectivity index (χ2v) is 4.85. The summed E-state index contributed by atoms with van der Waals surface area (Å²) in [5, 5.41) is 27.2. The van der Waals surface area contributed by atoms with Gasteiger partial charge in [0, 0.05) is 17.0 Å². The van der Waals surface area contributed by atoms with Gasteiger partial charge in [0.15, 0.2) is 0 Å². The summed E-state index contributed by atoms with van der Waals surface area (Å²) in [5.74, 6) is -0.936.